The van der Waals surface area contributed by atoms with Crippen molar-refractivity contribution >= 4 is 52.5 Å². The highest BCUT2D eigenvalue weighted by Crippen LogP contribution is 2.54. The number of carbonyl (C=O) groups is 3. The Balaban J connectivity index is 1.44. The van der Waals surface area contributed by atoms with E-state index in [-0.39, 0.29) is 48.2 Å². The van der Waals surface area contributed by atoms with Gasteiger partial charge in [-0.2, -0.15) is 0 Å². The number of esters is 1. The van der Waals surface area contributed by atoms with Crippen molar-refractivity contribution in [3.63, 3.8) is 0 Å². The topological polar surface area (TPSA) is 88.2 Å². The maximum absolute atomic E-state index is 15.1. The van der Waals surface area contributed by atoms with E-state index >= 15 is 8.78 Å². The third-order valence-corrected chi connectivity index (χ3v) is 6.54. The molecule has 1 aromatic rings. The molecule has 1 saturated carbocycles. The number of piperidine rings is 1. The molecular formula is C22H25Cl2F2N3O5. The van der Waals surface area contributed by atoms with E-state index in [1.165, 1.54) is 0 Å². The number of nitrogens with zero attached hydrogens (tertiary/aromatic N) is 2. The van der Waals surface area contributed by atoms with Crippen LogP contribution in [0.2, 0.25) is 0 Å². The minimum Gasteiger partial charge on any atom is -0.460 e. The Morgan fingerprint density at radius 1 is 1.21 bits per heavy atom. The van der Waals surface area contributed by atoms with Crippen LogP contribution in [0.15, 0.2) is 12.1 Å². The van der Waals surface area contributed by atoms with Crippen LogP contribution in [0.5, 0.6) is 0 Å². The Hall–Kier alpha value is -2.33. The van der Waals surface area contributed by atoms with Crippen LogP contribution in [0.25, 0.3) is 0 Å². The summed E-state index contributed by atoms with van der Waals surface area (Å²) in [5, 5.41) is 2.46. The number of ether oxygens (including phenoxy) is 2. The number of rotatable bonds is 6. The van der Waals surface area contributed by atoms with Gasteiger partial charge in [-0.3, -0.25) is 14.5 Å². The number of hydrogen-bond donors (Lipinski definition) is 1. The zero-order valence-corrected chi connectivity index (χ0v) is 20.3. The third-order valence-electron chi connectivity index (χ3n) is 6.14. The van der Waals surface area contributed by atoms with Gasteiger partial charge in [0.05, 0.1) is 17.6 Å². The lowest BCUT2D eigenvalue weighted by atomic mass is 10.1. The molecule has 0 radical (unpaired) electrons. The molecule has 186 valence electrons. The van der Waals surface area contributed by atoms with E-state index in [4.69, 9.17) is 32.7 Å². The molecule has 2 amide bonds. The van der Waals surface area contributed by atoms with Gasteiger partial charge in [0.15, 0.2) is 16.5 Å². The van der Waals surface area contributed by atoms with Gasteiger partial charge in [-0.1, -0.05) is 23.2 Å². The normalized spacial score (nSPS) is 25.9. The van der Waals surface area contributed by atoms with E-state index in [2.05, 4.69) is 5.32 Å². The highest BCUT2D eigenvalue weighted by atomic mass is 35.5. The lowest BCUT2D eigenvalue weighted by Gasteiger charge is -2.26. The molecule has 2 aliphatic heterocycles. The maximum Gasteiger partial charge on any atom is 0.414 e. The monoisotopic (exact) mass is 519 g/mol. The van der Waals surface area contributed by atoms with Gasteiger partial charge in [0.25, 0.3) is 5.91 Å². The number of hydrogen-bond acceptors (Lipinski definition) is 6. The highest BCUT2D eigenvalue weighted by molar-refractivity contribution is 6.53. The second kappa shape index (κ2) is 9.03. The minimum atomic E-state index is -1.29. The van der Waals surface area contributed by atoms with E-state index < -0.39 is 40.1 Å². The van der Waals surface area contributed by atoms with E-state index in [0.29, 0.717) is 13.1 Å². The number of cyclic esters (lactones) is 1. The lowest BCUT2D eigenvalue weighted by molar-refractivity contribution is -0.157. The fraction of sp³-hybridized carbons (Fsp3) is 0.591. The van der Waals surface area contributed by atoms with Crippen molar-refractivity contribution in [2.24, 2.45) is 17.8 Å². The Bertz CT molecular complexity index is 984. The first-order valence-electron chi connectivity index (χ1n) is 10.9. The summed E-state index contributed by atoms with van der Waals surface area (Å²) < 4.78 is 40.5. The Morgan fingerprint density at radius 2 is 1.79 bits per heavy atom. The lowest BCUT2D eigenvalue weighted by Crippen LogP contribution is -2.44. The fourth-order valence-corrected chi connectivity index (χ4v) is 4.80. The molecule has 1 aliphatic carbocycles. The van der Waals surface area contributed by atoms with Crippen LogP contribution >= 0.6 is 23.2 Å². The molecule has 34 heavy (non-hydrogen) atoms. The molecule has 4 rings (SSSR count). The number of nitrogens with one attached hydrogen (secondary N) is 1. The highest BCUT2D eigenvalue weighted by Gasteiger charge is 2.61. The molecule has 1 aromatic carbocycles. The largest absolute Gasteiger partial charge is 0.460 e. The van der Waals surface area contributed by atoms with Crippen LogP contribution < -0.4 is 15.1 Å². The first-order chi connectivity index (χ1) is 15.9. The molecule has 3 fully saturated rings. The van der Waals surface area contributed by atoms with E-state index in [0.717, 1.165) is 17.0 Å². The van der Waals surface area contributed by atoms with E-state index in [9.17, 15) is 14.4 Å². The van der Waals surface area contributed by atoms with Gasteiger partial charge in [-0.15, -0.1) is 0 Å². The maximum atomic E-state index is 15.1. The molecule has 0 bridgehead atoms. The van der Waals surface area contributed by atoms with Gasteiger partial charge < -0.3 is 19.7 Å². The number of carbonyl (C=O) groups excluding carboxylic acids is 3. The molecule has 1 unspecified atom stereocenters. The van der Waals surface area contributed by atoms with Gasteiger partial charge in [-0.25, -0.2) is 13.6 Å². The molecule has 4 atom stereocenters. The molecule has 2 saturated heterocycles. The van der Waals surface area contributed by atoms with Crippen molar-refractivity contribution in [3.8, 4) is 0 Å². The van der Waals surface area contributed by atoms with Crippen LogP contribution in [-0.4, -0.2) is 60.7 Å². The number of halogens is 4. The smallest absolute Gasteiger partial charge is 0.414 e. The molecule has 2 heterocycles. The number of fused-ring (bicyclic) bond motifs is 1. The van der Waals surface area contributed by atoms with Gasteiger partial charge in [0.1, 0.15) is 17.9 Å². The summed E-state index contributed by atoms with van der Waals surface area (Å²) >= 11 is 11.0. The zero-order chi connectivity index (χ0) is 24.9. The summed E-state index contributed by atoms with van der Waals surface area (Å²) in [5.41, 5.74) is -0.831. The van der Waals surface area contributed by atoms with Crippen LogP contribution in [0.3, 0.4) is 0 Å². The summed E-state index contributed by atoms with van der Waals surface area (Å²) in [6.07, 6.45) is -0.790. The van der Waals surface area contributed by atoms with Crippen molar-refractivity contribution in [1.82, 2.24) is 5.32 Å². The fourth-order valence-electron chi connectivity index (χ4n) is 4.64. The molecule has 3 aliphatic rings. The Labute approximate surface area is 205 Å². The number of amides is 2. The van der Waals surface area contributed by atoms with Crippen LogP contribution in [0.4, 0.5) is 25.0 Å². The Kier molecular flexibility index (Phi) is 6.58. The van der Waals surface area contributed by atoms with Gasteiger partial charge in [0, 0.05) is 31.8 Å². The second-order valence-corrected chi connectivity index (χ2v) is 10.8. The predicted octanol–water partition coefficient (Wildman–Crippen LogP) is 3.23. The quantitative estimate of drug-likeness (QED) is 0.458. The third kappa shape index (κ3) is 4.88. The first-order valence-corrected chi connectivity index (χ1v) is 11.7. The minimum absolute atomic E-state index is 0.0115. The van der Waals surface area contributed by atoms with Gasteiger partial charge in [0.2, 0.25) is 0 Å². The summed E-state index contributed by atoms with van der Waals surface area (Å²) in [5.74, 6) is -2.89. The van der Waals surface area contributed by atoms with E-state index in [1.807, 2.05) is 0 Å². The summed E-state index contributed by atoms with van der Waals surface area (Å²) in [4.78, 5) is 37.5. The number of benzene rings is 1. The molecule has 0 aromatic heterocycles. The Morgan fingerprint density at radius 3 is 2.32 bits per heavy atom. The zero-order valence-electron chi connectivity index (χ0n) is 18.8. The van der Waals surface area contributed by atoms with Gasteiger partial charge >= 0.3 is 12.1 Å². The van der Waals surface area contributed by atoms with Crippen LogP contribution in [0.1, 0.15) is 20.8 Å². The predicted molar refractivity (Wildman–Crippen MR) is 121 cm³/mol. The standard InChI is InChI=1S/C22H25Cl2F2N3O5/c1-22(2,3)34-20(31)16-12-7-28(8-13(12)16)17-14(25)4-10(5-15(17)26)29-11(9-33-21(29)32)6-27-19(30)18(23)24/h4-5,11-13,16,18H,6-9H2,1-3H3,(H,27,30)/t11-,12-,13+,16?/m0/s1. The summed E-state index contributed by atoms with van der Waals surface area (Å²) in [6.45, 7) is 5.91. The van der Waals surface area contributed by atoms with Crippen LogP contribution in [0, 0.1) is 29.4 Å². The number of anilines is 2. The van der Waals surface area contributed by atoms with Crippen molar-refractivity contribution in [2.45, 2.75) is 37.3 Å². The molecular weight excluding hydrogens is 495 g/mol. The van der Waals surface area contributed by atoms with Crippen molar-refractivity contribution < 1.29 is 32.6 Å². The average Bonchev–Trinajstić information content (AvgIpc) is 3.02. The average molecular weight is 520 g/mol. The van der Waals surface area contributed by atoms with Crippen LogP contribution in [-0.2, 0) is 19.1 Å². The van der Waals surface area contributed by atoms with Crippen molar-refractivity contribution in [3.05, 3.63) is 23.8 Å². The SMILES string of the molecule is CC(C)(C)OC(=O)C1[C@H]2CN(c3c(F)cc(N4C(=O)OC[C@@H]4CNC(=O)C(Cl)Cl)cc3F)C[C@@H]12. The summed E-state index contributed by atoms with van der Waals surface area (Å²) in [6, 6.07) is 1.42. The molecule has 8 nitrogen and oxygen atoms in total. The van der Waals surface area contributed by atoms with Crippen molar-refractivity contribution in [2.75, 3.05) is 36.0 Å². The number of alkyl halides is 2. The molecule has 0 spiro atoms. The second-order valence-electron chi connectivity index (χ2n) is 9.70. The summed E-state index contributed by atoms with van der Waals surface area (Å²) in [7, 11) is 0. The molecule has 12 heteroatoms. The van der Waals surface area contributed by atoms with Gasteiger partial charge in [-0.05, 0) is 32.6 Å². The first kappa shape index (κ1) is 24.8. The van der Waals surface area contributed by atoms with E-state index in [1.54, 1.807) is 25.7 Å². The molecule has 1 N–H and O–H groups in total. The van der Waals surface area contributed by atoms with Crippen molar-refractivity contribution in [1.29, 1.82) is 0 Å².